The van der Waals surface area contributed by atoms with Crippen molar-refractivity contribution in [1.29, 1.82) is 0 Å². The molecule has 0 spiro atoms. The van der Waals surface area contributed by atoms with Gasteiger partial charge in [-0.3, -0.25) is 9.59 Å². The molecule has 50 heavy (non-hydrogen) atoms. The van der Waals surface area contributed by atoms with Crippen molar-refractivity contribution in [3.8, 4) is 0 Å². The van der Waals surface area contributed by atoms with Crippen LogP contribution >= 0.6 is 0 Å². The number of unbranched alkanes of at least 4 members (excludes halogenated alkanes) is 10. The minimum atomic E-state index is -1.60. The molecule has 0 aromatic rings. The first-order valence-corrected chi connectivity index (χ1v) is 18.8. The average molecular weight is 707 g/mol. The molecule has 1 saturated heterocycles. The fourth-order valence-electron chi connectivity index (χ4n) is 5.29. The third kappa shape index (κ3) is 23.0. The van der Waals surface area contributed by atoms with E-state index in [0.29, 0.717) is 12.8 Å². The fourth-order valence-corrected chi connectivity index (χ4v) is 5.29. The topological polar surface area (TPSA) is 152 Å². The Kier molecular flexibility index (Phi) is 28.3. The van der Waals surface area contributed by atoms with E-state index in [0.717, 1.165) is 89.9 Å². The molecule has 0 bridgehead atoms. The summed E-state index contributed by atoms with van der Waals surface area (Å²) in [6, 6.07) is 0. The number of rotatable bonds is 30. The van der Waals surface area contributed by atoms with Crippen LogP contribution < -0.4 is 0 Å². The maximum Gasteiger partial charge on any atom is 0.306 e. The van der Waals surface area contributed by atoms with Crippen molar-refractivity contribution < 1.29 is 49.0 Å². The summed E-state index contributed by atoms with van der Waals surface area (Å²) in [4.78, 5) is 25.1. The second-order valence-corrected chi connectivity index (χ2v) is 12.7. The Labute approximate surface area is 300 Å². The van der Waals surface area contributed by atoms with Gasteiger partial charge in [-0.05, 0) is 64.2 Å². The lowest BCUT2D eigenvalue weighted by atomic mass is 9.99. The highest BCUT2D eigenvalue weighted by molar-refractivity contribution is 5.70. The van der Waals surface area contributed by atoms with Gasteiger partial charge in [0.05, 0.1) is 13.2 Å². The van der Waals surface area contributed by atoms with E-state index in [-0.39, 0.29) is 26.1 Å². The van der Waals surface area contributed by atoms with Crippen LogP contribution in [0.3, 0.4) is 0 Å². The molecule has 4 N–H and O–H groups in total. The number of ether oxygens (including phenoxy) is 4. The van der Waals surface area contributed by atoms with E-state index in [1.54, 1.807) is 0 Å². The van der Waals surface area contributed by atoms with Crippen molar-refractivity contribution >= 4 is 11.9 Å². The van der Waals surface area contributed by atoms with Crippen LogP contribution in [0.4, 0.5) is 0 Å². The molecular formula is C40H66O10. The lowest BCUT2D eigenvalue weighted by molar-refractivity contribution is -0.305. The van der Waals surface area contributed by atoms with Gasteiger partial charge < -0.3 is 39.4 Å². The molecule has 1 aliphatic rings. The van der Waals surface area contributed by atoms with Crippen LogP contribution in [0.2, 0.25) is 0 Å². The van der Waals surface area contributed by atoms with Crippen LogP contribution in [0.15, 0.2) is 61.3 Å². The van der Waals surface area contributed by atoms with E-state index in [2.05, 4.69) is 62.1 Å². The van der Waals surface area contributed by atoms with E-state index >= 15 is 0 Å². The molecule has 0 aromatic heterocycles. The standard InChI is InChI=1S/C40H66O10/c1-3-5-7-9-11-13-15-16-17-18-19-21-22-24-26-28-35(42)47-31-33(32-48-40-39(46)38(45)37(44)34(30-41)50-40)49-36(43)29-27-25-23-20-14-12-10-8-6-4-2/h4-5,7-8,10-11,13,16-17,33-34,37-41,44-46H,2-3,6,9,12,14-15,18-32H2,1H3/b7-5-,10-8-,13-11-,17-16+/t33-,34-,37+,38+,39-,40-/m1/s1. The minimum absolute atomic E-state index is 0.202. The van der Waals surface area contributed by atoms with Crippen LogP contribution in [0.5, 0.6) is 0 Å². The number of hydrogen-bond donors (Lipinski definition) is 4. The Balaban J connectivity index is 2.41. The van der Waals surface area contributed by atoms with Crippen molar-refractivity contribution in [3.05, 3.63) is 61.3 Å². The van der Waals surface area contributed by atoms with Gasteiger partial charge in [0, 0.05) is 12.8 Å². The number of carbonyl (C=O) groups is 2. The zero-order valence-corrected chi connectivity index (χ0v) is 30.5. The summed E-state index contributed by atoms with van der Waals surface area (Å²) in [6.07, 6.45) is 27.0. The molecule has 6 atom stereocenters. The van der Waals surface area contributed by atoms with Crippen molar-refractivity contribution in [2.75, 3.05) is 19.8 Å². The number of carbonyl (C=O) groups excluding carboxylic acids is 2. The Morgan fingerprint density at radius 3 is 1.82 bits per heavy atom. The van der Waals surface area contributed by atoms with Crippen LogP contribution in [0.25, 0.3) is 0 Å². The molecule has 1 heterocycles. The van der Waals surface area contributed by atoms with Gasteiger partial charge in [-0.25, -0.2) is 0 Å². The van der Waals surface area contributed by atoms with Gasteiger partial charge in [-0.15, -0.1) is 6.58 Å². The molecule has 0 saturated carbocycles. The molecule has 1 aliphatic heterocycles. The van der Waals surface area contributed by atoms with Gasteiger partial charge in [0.25, 0.3) is 0 Å². The molecule has 1 fully saturated rings. The fraction of sp³-hybridized carbons (Fsp3) is 0.700. The maximum absolute atomic E-state index is 12.6. The summed E-state index contributed by atoms with van der Waals surface area (Å²) < 4.78 is 22.0. The third-order valence-corrected chi connectivity index (χ3v) is 8.28. The van der Waals surface area contributed by atoms with Gasteiger partial charge in [0.1, 0.15) is 31.0 Å². The van der Waals surface area contributed by atoms with E-state index < -0.39 is 55.4 Å². The first-order chi connectivity index (χ1) is 24.3. The second-order valence-electron chi connectivity index (χ2n) is 12.7. The highest BCUT2D eigenvalue weighted by atomic mass is 16.7. The van der Waals surface area contributed by atoms with Crippen LogP contribution in [-0.2, 0) is 28.5 Å². The molecular weight excluding hydrogens is 640 g/mol. The minimum Gasteiger partial charge on any atom is -0.462 e. The lowest BCUT2D eigenvalue weighted by Crippen LogP contribution is -2.59. The molecule has 1 rings (SSSR count). The molecule has 0 aromatic carbocycles. The predicted octanol–water partition coefficient (Wildman–Crippen LogP) is 6.71. The summed E-state index contributed by atoms with van der Waals surface area (Å²) in [5.41, 5.74) is 0. The van der Waals surface area contributed by atoms with E-state index in [4.69, 9.17) is 18.9 Å². The van der Waals surface area contributed by atoms with E-state index in [9.17, 15) is 30.0 Å². The quantitative estimate of drug-likeness (QED) is 0.0360. The SMILES string of the molecule is C=CC/C=C\CCCCCCCC(=O)O[C@H](COC(=O)CCCCCCC/C=C/C/C=C\C/C=C\CC)CO[C@@H]1O[C@H](CO)[C@H](O)[C@H](O)[C@H]1O. The predicted molar refractivity (Wildman–Crippen MR) is 196 cm³/mol. The maximum atomic E-state index is 12.6. The molecule has 10 nitrogen and oxygen atoms in total. The smallest absolute Gasteiger partial charge is 0.306 e. The van der Waals surface area contributed by atoms with Gasteiger partial charge in [0.2, 0.25) is 0 Å². The Bertz CT molecular complexity index is 989. The average Bonchev–Trinajstić information content (AvgIpc) is 3.11. The van der Waals surface area contributed by atoms with Crippen molar-refractivity contribution in [3.63, 3.8) is 0 Å². The number of aliphatic hydroxyl groups excluding tert-OH is 4. The van der Waals surface area contributed by atoms with Gasteiger partial charge in [-0.2, -0.15) is 0 Å². The summed E-state index contributed by atoms with van der Waals surface area (Å²) in [5.74, 6) is -0.860. The Hall–Kier alpha value is -2.60. The first kappa shape index (κ1) is 45.4. The van der Waals surface area contributed by atoms with Crippen molar-refractivity contribution in [1.82, 2.24) is 0 Å². The van der Waals surface area contributed by atoms with Gasteiger partial charge in [-0.1, -0.05) is 100 Å². The van der Waals surface area contributed by atoms with Crippen LogP contribution in [0.1, 0.15) is 122 Å². The summed E-state index contributed by atoms with van der Waals surface area (Å²) in [5, 5.41) is 39.9. The lowest BCUT2D eigenvalue weighted by Gasteiger charge is -2.39. The number of aliphatic hydroxyl groups is 4. The normalized spacial score (nSPS) is 21.8. The van der Waals surface area contributed by atoms with E-state index in [1.807, 2.05) is 6.08 Å². The molecule has 10 heteroatoms. The first-order valence-electron chi connectivity index (χ1n) is 18.8. The molecule has 0 unspecified atom stereocenters. The molecule has 286 valence electrons. The van der Waals surface area contributed by atoms with Crippen molar-refractivity contribution in [2.24, 2.45) is 0 Å². The number of hydrogen-bond acceptors (Lipinski definition) is 10. The second kappa shape index (κ2) is 31.2. The number of allylic oxidation sites excluding steroid dienone is 9. The highest BCUT2D eigenvalue weighted by Crippen LogP contribution is 2.22. The summed E-state index contributed by atoms with van der Waals surface area (Å²) in [7, 11) is 0. The highest BCUT2D eigenvalue weighted by Gasteiger charge is 2.44. The van der Waals surface area contributed by atoms with Crippen LogP contribution in [-0.4, -0.2) is 89.0 Å². The molecule has 0 aliphatic carbocycles. The van der Waals surface area contributed by atoms with E-state index in [1.165, 1.54) is 0 Å². The third-order valence-electron chi connectivity index (χ3n) is 8.28. The Morgan fingerprint density at radius 1 is 0.680 bits per heavy atom. The largest absolute Gasteiger partial charge is 0.462 e. The summed E-state index contributed by atoms with van der Waals surface area (Å²) >= 11 is 0. The van der Waals surface area contributed by atoms with Gasteiger partial charge >= 0.3 is 11.9 Å². The van der Waals surface area contributed by atoms with Crippen LogP contribution in [0, 0.1) is 0 Å². The number of esters is 2. The molecule has 0 amide bonds. The van der Waals surface area contributed by atoms with Gasteiger partial charge in [0.15, 0.2) is 12.4 Å². The monoisotopic (exact) mass is 706 g/mol. The summed E-state index contributed by atoms with van der Waals surface area (Å²) in [6.45, 7) is 4.70. The zero-order chi connectivity index (χ0) is 36.7. The Morgan fingerprint density at radius 2 is 1.22 bits per heavy atom. The molecule has 0 radical (unpaired) electrons. The van der Waals surface area contributed by atoms with Crippen molar-refractivity contribution in [2.45, 2.75) is 159 Å². The zero-order valence-electron chi connectivity index (χ0n) is 30.5.